The average Bonchev–Trinajstić information content (AvgIpc) is 3.32. The van der Waals surface area contributed by atoms with Crippen LogP contribution in [0.4, 0.5) is 17.1 Å². The molecule has 1 saturated heterocycles. The number of nitrogens with two attached hydrogens (primary N) is 1. The highest BCUT2D eigenvalue weighted by Crippen LogP contribution is 2.32. The molecule has 0 radical (unpaired) electrons. The minimum absolute atomic E-state index is 0.220. The fourth-order valence-corrected chi connectivity index (χ4v) is 4.22. The maximum absolute atomic E-state index is 13.3. The summed E-state index contributed by atoms with van der Waals surface area (Å²) >= 11 is 6.52. The molecule has 1 aliphatic heterocycles. The summed E-state index contributed by atoms with van der Waals surface area (Å²) in [5, 5.41) is 19.3. The third kappa shape index (κ3) is 5.27. The van der Waals surface area contributed by atoms with Crippen LogP contribution in [0.25, 0.3) is 0 Å². The van der Waals surface area contributed by atoms with Gasteiger partial charge in [0, 0.05) is 30.9 Å². The van der Waals surface area contributed by atoms with Gasteiger partial charge in [-0.25, -0.2) is 0 Å². The standard InChI is InChI=1S/C25H26ClN5O2/c26-21-15-20(11-12-22(21)31-13-5-10-23(31)30-33)29-25(32)24(18-7-2-1-3-8-18)28-19-9-4-6-17(14-19)16-27/h1-4,6-9,11-12,14-15,24,28,33H,5,10,13,16,27H2,(H,29,32)/t24-/m1/s1. The number of halogens is 1. The molecule has 7 nitrogen and oxygen atoms in total. The zero-order valence-electron chi connectivity index (χ0n) is 18.0. The molecule has 1 heterocycles. The average molecular weight is 464 g/mol. The van der Waals surface area contributed by atoms with Crippen LogP contribution in [0.3, 0.4) is 0 Å². The van der Waals surface area contributed by atoms with Crippen molar-refractivity contribution < 1.29 is 10.0 Å². The van der Waals surface area contributed by atoms with Crippen LogP contribution >= 0.6 is 11.6 Å². The van der Waals surface area contributed by atoms with E-state index in [2.05, 4.69) is 15.8 Å². The van der Waals surface area contributed by atoms with Crippen LogP contribution in [0.2, 0.25) is 5.02 Å². The molecule has 0 saturated carbocycles. The van der Waals surface area contributed by atoms with Crippen LogP contribution in [-0.4, -0.2) is 23.5 Å². The van der Waals surface area contributed by atoms with E-state index in [0.29, 0.717) is 29.5 Å². The second-order valence-electron chi connectivity index (χ2n) is 7.82. The number of carbonyl (C=O) groups excluding carboxylic acids is 1. The Balaban J connectivity index is 1.56. The summed E-state index contributed by atoms with van der Waals surface area (Å²) in [6, 6.07) is 21.9. The Morgan fingerprint density at radius 2 is 1.91 bits per heavy atom. The van der Waals surface area contributed by atoms with Crippen molar-refractivity contribution in [2.45, 2.75) is 25.4 Å². The number of hydrogen-bond acceptors (Lipinski definition) is 5. The molecule has 5 N–H and O–H groups in total. The molecular weight excluding hydrogens is 438 g/mol. The maximum Gasteiger partial charge on any atom is 0.251 e. The zero-order chi connectivity index (χ0) is 23.2. The second kappa shape index (κ2) is 10.4. The Bertz CT molecular complexity index is 1150. The van der Waals surface area contributed by atoms with Crippen molar-refractivity contribution in [3.63, 3.8) is 0 Å². The number of anilines is 3. The van der Waals surface area contributed by atoms with E-state index in [-0.39, 0.29) is 5.91 Å². The lowest BCUT2D eigenvalue weighted by molar-refractivity contribution is -0.117. The van der Waals surface area contributed by atoms with Crippen molar-refractivity contribution >= 4 is 40.4 Å². The van der Waals surface area contributed by atoms with Crippen molar-refractivity contribution in [3.05, 3.63) is 88.9 Å². The normalized spacial score (nSPS) is 15.5. The number of nitrogens with one attached hydrogen (secondary N) is 2. The highest BCUT2D eigenvalue weighted by molar-refractivity contribution is 6.34. The molecule has 0 unspecified atom stereocenters. The first-order chi connectivity index (χ1) is 16.1. The Hall–Kier alpha value is -3.55. The Kier molecular flexibility index (Phi) is 7.12. The highest BCUT2D eigenvalue weighted by Gasteiger charge is 2.24. The van der Waals surface area contributed by atoms with Crippen LogP contribution in [0.15, 0.2) is 78.0 Å². The largest absolute Gasteiger partial charge is 0.409 e. The smallest absolute Gasteiger partial charge is 0.251 e. The number of rotatable bonds is 7. The van der Waals surface area contributed by atoms with Gasteiger partial charge >= 0.3 is 0 Å². The van der Waals surface area contributed by atoms with Gasteiger partial charge in [0.05, 0.1) is 10.7 Å². The summed E-state index contributed by atoms with van der Waals surface area (Å²) < 4.78 is 0. The molecule has 33 heavy (non-hydrogen) atoms. The molecule has 0 spiro atoms. The predicted molar refractivity (Wildman–Crippen MR) is 133 cm³/mol. The minimum atomic E-state index is -0.621. The topological polar surface area (TPSA) is 103 Å². The van der Waals surface area contributed by atoms with Gasteiger partial charge < -0.3 is 26.5 Å². The van der Waals surface area contributed by atoms with Crippen molar-refractivity contribution in [2.75, 3.05) is 22.1 Å². The summed E-state index contributed by atoms with van der Waals surface area (Å²) in [7, 11) is 0. The lowest BCUT2D eigenvalue weighted by atomic mass is 10.0. The fraction of sp³-hybridized carbons (Fsp3) is 0.200. The van der Waals surface area contributed by atoms with Gasteiger partial charge in [0.15, 0.2) is 0 Å². The Morgan fingerprint density at radius 3 is 2.64 bits per heavy atom. The molecule has 3 aromatic rings. The molecule has 3 aromatic carbocycles. The predicted octanol–water partition coefficient (Wildman–Crippen LogP) is 4.98. The molecule has 170 valence electrons. The zero-order valence-corrected chi connectivity index (χ0v) is 18.8. The molecule has 0 bridgehead atoms. The number of nitrogens with zero attached hydrogens (tertiary/aromatic N) is 2. The monoisotopic (exact) mass is 463 g/mol. The van der Waals surface area contributed by atoms with E-state index in [1.165, 1.54) is 0 Å². The number of amides is 1. The molecular formula is C25H26ClN5O2. The Morgan fingerprint density at radius 1 is 1.09 bits per heavy atom. The van der Waals surface area contributed by atoms with E-state index < -0.39 is 6.04 Å². The van der Waals surface area contributed by atoms with E-state index >= 15 is 0 Å². The lowest BCUT2D eigenvalue weighted by Gasteiger charge is -2.22. The van der Waals surface area contributed by atoms with E-state index in [0.717, 1.165) is 35.5 Å². The summed E-state index contributed by atoms with van der Waals surface area (Å²) in [6.07, 6.45) is 1.59. The van der Waals surface area contributed by atoms with Crippen molar-refractivity contribution in [3.8, 4) is 0 Å². The summed E-state index contributed by atoms with van der Waals surface area (Å²) in [6.45, 7) is 1.15. The molecule has 1 aliphatic rings. The van der Waals surface area contributed by atoms with Gasteiger partial charge in [0.25, 0.3) is 5.91 Å². The van der Waals surface area contributed by atoms with Gasteiger partial charge in [0.2, 0.25) is 0 Å². The summed E-state index contributed by atoms with van der Waals surface area (Å²) in [5.41, 5.74) is 9.70. The number of oxime groups is 1. The minimum Gasteiger partial charge on any atom is -0.409 e. The third-order valence-electron chi connectivity index (χ3n) is 5.58. The second-order valence-corrected chi connectivity index (χ2v) is 8.23. The van der Waals surface area contributed by atoms with Gasteiger partial charge in [-0.2, -0.15) is 0 Å². The van der Waals surface area contributed by atoms with Gasteiger partial charge in [-0.1, -0.05) is 59.2 Å². The van der Waals surface area contributed by atoms with E-state index in [4.69, 9.17) is 17.3 Å². The van der Waals surface area contributed by atoms with Crippen LogP contribution in [0.1, 0.15) is 30.0 Å². The van der Waals surface area contributed by atoms with Crippen molar-refractivity contribution in [1.29, 1.82) is 0 Å². The maximum atomic E-state index is 13.3. The van der Waals surface area contributed by atoms with Crippen molar-refractivity contribution in [1.82, 2.24) is 0 Å². The Labute approximate surface area is 197 Å². The van der Waals surface area contributed by atoms with Crippen molar-refractivity contribution in [2.24, 2.45) is 10.9 Å². The van der Waals surface area contributed by atoms with Crippen LogP contribution in [0, 0.1) is 0 Å². The number of benzene rings is 3. The molecule has 8 heteroatoms. The third-order valence-corrected chi connectivity index (χ3v) is 5.89. The molecule has 1 fully saturated rings. The van der Waals surface area contributed by atoms with E-state index in [1.54, 1.807) is 12.1 Å². The fourth-order valence-electron chi connectivity index (χ4n) is 3.94. The van der Waals surface area contributed by atoms with Gasteiger partial charge in [-0.3, -0.25) is 4.79 Å². The number of hydrogen-bond donors (Lipinski definition) is 4. The molecule has 1 atom stereocenters. The van der Waals surface area contributed by atoms with Gasteiger partial charge in [0.1, 0.15) is 11.9 Å². The highest BCUT2D eigenvalue weighted by atomic mass is 35.5. The number of amidine groups is 1. The molecule has 0 aromatic heterocycles. The first-order valence-corrected chi connectivity index (χ1v) is 11.2. The van der Waals surface area contributed by atoms with Crippen LogP contribution < -0.4 is 21.3 Å². The van der Waals surface area contributed by atoms with Gasteiger partial charge in [-0.15, -0.1) is 0 Å². The first kappa shape index (κ1) is 22.6. The summed E-state index contributed by atoms with van der Waals surface area (Å²) in [5.74, 6) is 0.365. The van der Waals surface area contributed by atoms with E-state index in [9.17, 15) is 10.0 Å². The quantitative estimate of drug-likeness (QED) is 0.292. The molecule has 4 rings (SSSR count). The lowest BCUT2D eigenvalue weighted by Crippen LogP contribution is -2.27. The molecule has 0 aliphatic carbocycles. The SMILES string of the molecule is NCc1cccc(N[C@@H](C(=O)Nc2ccc(N3CCCC3=NO)c(Cl)c2)c2ccccc2)c1. The summed E-state index contributed by atoms with van der Waals surface area (Å²) in [4.78, 5) is 15.2. The first-order valence-electron chi connectivity index (χ1n) is 10.8. The van der Waals surface area contributed by atoms with Crippen LogP contribution in [-0.2, 0) is 11.3 Å². The number of carbonyl (C=O) groups is 1. The van der Waals surface area contributed by atoms with Crippen LogP contribution in [0.5, 0.6) is 0 Å². The van der Waals surface area contributed by atoms with E-state index in [1.807, 2.05) is 65.6 Å². The van der Waals surface area contributed by atoms with Gasteiger partial charge in [-0.05, 0) is 47.9 Å². The molecule has 1 amide bonds.